The van der Waals surface area contributed by atoms with Crippen molar-refractivity contribution in [2.45, 2.75) is 43.6 Å². The van der Waals surface area contributed by atoms with Crippen LogP contribution in [0.15, 0.2) is 48.7 Å². The molecule has 240 valence electrons. The Morgan fingerprint density at radius 3 is 2.54 bits per heavy atom. The van der Waals surface area contributed by atoms with Crippen LogP contribution in [0.4, 0.5) is 22.9 Å². The first-order valence-corrected chi connectivity index (χ1v) is 16.0. The average molecular weight is 640 g/mol. The number of carbonyl (C=O) groups is 3. The van der Waals surface area contributed by atoms with Crippen LogP contribution in [0.3, 0.4) is 0 Å². The van der Waals surface area contributed by atoms with Crippen molar-refractivity contribution in [2.24, 2.45) is 5.92 Å². The second kappa shape index (κ2) is 12.2. The van der Waals surface area contributed by atoms with Gasteiger partial charge in [-0.1, -0.05) is 25.1 Å². The zero-order valence-corrected chi connectivity index (χ0v) is 27.0. The Labute approximate surface area is 280 Å². The summed E-state index contributed by atoms with van der Waals surface area (Å²) in [6.07, 6.45) is 5.09. The molecule has 1 saturated heterocycles. The van der Waals surface area contributed by atoms with E-state index in [2.05, 4.69) is 53.7 Å². The summed E-state index contributed by atoms with van der Waals surface area (Å²) < 4.78 is 2.08. The van der Waals surface area contributed by atoms with Gasteiger partial charge in [0.05, 0.1) is 56.7 Å². The minimum atomic E-state index is -1.34. The quantitative estimate of drug-likeness (QED) is 0.175. The van der Waals surface area contributed by atoms with Crippen LogP contribution < -0.4 is 20.9 Å². The number of amides is 2. The third kappa shape index (κ3) is 5.41. The van der Waals surface area contributed by atoms with Crippen LogP contribution in [0.1, 0.15) is 70.6 Å². The fraction of sp³-hybridized carbons (Fsp3) is 0.364. The molecule has 2 aliphatic heterocycles. The molecule has 2 amide bonds. The first kappa shape index (κ1) is 31.6. The molecule has 0 spiro atoms. The number of hydrogen-bond acceptors (Lipinski definition) is 10. The summed E-state index contributed by atoms with van der Waals surface area (Å²) in [7, 11) is 16.7. The van der Waals surface area contributed by atoms with Crippen LogP contribution in [0, 0.1) is 5.92 Å². The number of aldehydes is 1. The van der Waals surface area contributed by atoms with Gasteiger partial charge < -0.3 is 25.8 Å². The minimum absolute atomic E-state index is 0.00799. The van der Waals surface area contributed by atoms with E-state index in [4.69, 9.17) is 20.8 Å². The second-order valence-electron chi connectivity index (χ2n) is 12.5. The maximum atomic E-state index is 12.8. The molecule has 1 aromatic carbocycles. The third-order valence-electron chi connectivity index (χ3n) is 9.42. The number of nitrogens with zero attached hydrogens (tertiary/aromatic N) is 7. The molecule has 5 heterocycles. The smallest absolute Gasteiger partial charge is 0.273 e. The van der Waals surface area contributed by atoms with Gasteiger partial charge in [0.25, 0.3) is 5.91 Å². The molecule has 4 aromatic rings. The highest BCUT2D eigenvalue weighted by Crippen LogP contribution is 2.50. The van der Waals surface area contributed by atoms with Gasteiger partial charge >= 0.3 is 0 Å². The SMILES string of the molecule is [B]C([B])(c1cccc(C=O)n1)N1CC(n2ncc3c2C(CC)N(C)c2c(Nc4cc(NC(=O)C5CC5)nnc4C(=O)NC)cccc2-3)C1. The lowest BCUT2D eigenvalue weighted by Gasteiger charge is -2.50. The topological polar surface area (TPSA) is 150 Å². The molecule has 1 atom stereocenters. The summed E-state index contributed by atoms with van der Waals surface area (Å²) in [5.41, 5.74) is 6.03. The van der Waals surface area contributed by atoms with E-state index in [1.807, 2.05) is 30.3 Å². The normalized spacial score (nSPS) is 17.6. The molecule has 4 radical (unpaired) electrons. The van der Waals surface area contributed by atoms with E-state index in [0.717, 1.165) is 47.5 Å². The van der Waals surface area contributed by atoms with Crippen molar-refractivity contribution >= 4 is 56.7 Å². The van der Waals surface area contributed by atoms with Crippen LogP contribution in [0.2, 0.25) is 0 Å². The highest BCUT2D eigenvalue weighted by Gasteiger charge is 2.42. The van der Waals surface area contributed by atoms with Crippen LogP contribution >= 0.6 is 0 Å². The van der Waals surface area contributed by atoms with E-state index >= 15 is 0 Å². The van der Waals surface area contributed by atoms with Gasteiger partial charge in [-0.25, -0.2) is 4.98 Å². The number of pyridine rings is 1. The summed E-state index contributed by atoms with van der Waals surface area (Å²) >= 11 is 0. The maximum Gasteiger partial charge on any atom is 0.273 e. The Hall–Kier alpha value is -5.04. The summed E-state index contributed by atoms with van der Waals surface area (Å²) in [6.45, 7) is 3.25. The Balaban J connectivity index is 1.19. The largest absolute Gasteiger partial charge is 0.364 e. The molecule has 3 N–H and O–H groups in total. The summed E-state index contributed by atoms with van der Waals surface area (Å²) in [5.74, 6) is -0.238. The lowest BCUT2D eigenvalue weighted by Crippen LogP contribution is -2.60. The number of para-hydroxylation sites is 1. The average Bonchev–Trinajstić information content (AvgIpc) is 3.84. The first-order valence-electron chi connectivity index (χ1n) is 16.0. The predicted molar refractivity (Wildman–Crippen MR) is 183 cm³/mol. The van der Waals surface area contributed by atoms with Crippen molar-refractivity contribution in [3.05, 3.63) is 71.4 Å². The molecular weight excluding hydrogens is 606 g/mol. The molecule has 3 aromatic heterocycles. The van der Waals surface area contributed by atoms with Crippen molar-refractivity contribution in [1.29, 1.82) is 0 Å². The third-order valence-corrected chi connectivity index (χ3v) is 9.42. The van der Waals surface area contributed by atoms with Crippen LogP contribution in [-0.2, 0) is 10.1 Å². The van der Waals surface area contributed by atoms with Gasteiger partial charge in [-0.2, -0.15) is 5.10 Å². The maximum absolute atomic E-state index is 12.8. The zero-order chi connectivity index (χ0) is 33.7. The summed E-state index contributed by atoms with van der Waals surface area (Å²) in [5, 5.41) is 20.7. The highest BCUT2D eigenvalue weighted by atomic mass is 16.2. The lowest BCUT2D eigenvalue weighted by molar-refractivity contribution is -0.117. The van der Waals surface area contributed by atoms with Crippen molar-refractivity contribution in [3.8, 4) is 11.1 Å². The Bertz CT molecular complexity index is 1920. The number of hydrogen-bond donors (Lipinski definition) is 3. The predicted octanol–water partition coefficient (Wildman–Crippen LogP) is 2.90. The number of aromatic nitrogens is 5. The molecule has 48 heavy (non-hydrogen) atoms. The number of benzene rings is 1. The molecule has 0 bridgehead atoms. The van der Waals surface area contributed by atoms with Crippen LogP contribution in [0.25, 0.3) is 11.1 Å². The number of rotatable bonds is 10. The van der Waals surface area contributed by atoms with E-state index in [1.165, 1.54) is 7.05 Å². The van der Waals surface area contributed by atoms with Crippen molar-refractivity contribution in [3.63, 3.8) is 0 Å². The van der Waals surface area contributed by atoms with E-state index in [9.17, 15) is 14.4 Å². The molecule has 1 aliphatic carbocycles. The number of nitrogens with one attached hydrogen (secondary N) is 3. The molecule has 3 aliphatic rings. The minimum Gasteiger partial charge on any atom is -0.364 e. The van der Waals surface area contributed by atoms with Crippen LogP contribution in [0.5, 0.6) is 0 Å². The Morgan fingerprint density at radius 1 is 1.06 bits per heavy atom. The summed E-state index contributed by atoms with van der Waals surface area (Å²) in [4.78, 5) is 45.0. The Morgan fingerprint density at radius 2 is 1.83 bits per heavy atom. The second-order valence-corrected chi connectivity index (χ2v) is 12.5. The highest BCUT2D eigenvalue weighted by molar-refractivity contribution is 6.39. The Kier molecular flexibility index (Phi) is 8.02. The van der Waals surface area contributed by atoms with Gasteiger partial charge in [0.2, 0.25) is 5.91 Å². The summed E-state index contributed by atoms with van der Waals surface area (Å²) in [6, 6.07) is 12.7. The number of carbonyl (C=O) groups excluding carboxylic acids is 3. The molecule has 13 nitrogen and oxygen atoms in total. The van der Waals surface area contributed by atoms with Gasteiger partial charge in [-0.15, -0.1) is 10.2 Å². The van der Waals surface area contributed by atoms with Gasteiger partial charge in [0, 0.05) is 56.0 Å². The first-order chi connectivity index (χ1) is 23.1. The monoisotopic (exact) mass is 640 g/mol. The molecule has 15 heteroatoms. The van der Waals surface area contributed by atoms with Gasteiger partial charge in [-0.05, 0) is 42.8 Å². The van der Waals surface area contributed by atoms with Gasteiger partial charge in [0.15, 0.2) is 17.8 Å². The molecule has 1 unspecified atom stereocenters. The standard InChI is InChI=1S/C33H34B2N10O3/c1-4-25-30-22(14-37-45(30)20-15-44(16-20)33(34,35)26-10-5-7-19(17-46)38-26)21-8-6-9-23(29(21)43(25)3)39-24-13-27(40-31(47)18-11-12-18)41-42-28(24)32(48)36-2/h5-10,13-14,17-18,20,25H,4,11-12,15-16H2,1-3H3,(H,36,48)(H2,39,40,41,47). The lowest BCUT2D eigenvalue weighted by atomic mass is 9.57. The number of anilines is 4. The molecule has 2 fully saturated rings. The van der Waals surface area contributed by atoms with Crippen molar-refractivity contribution < 1.29 is 14.4 Å². The molecule has 7 rings (SSSR count). The van der Waals surface area contributed by atoms with Gasteiger partial charge in [-0.3, -0.25) is 19.1 Å². The van der Waals surface area contributed by atoms with Crippen molar-refractivity contribution in [1.82, 2.24) is 35.2 Å². The van der Waals surface area contributed by atoms with E-state index in [-0.39, 0.29) is 41.1 Å². The number of likely N-dealkylation sites (tertiary alicyclic amines) is 1. The van der Waals surface area contributed by atoms with E-state index in [0.29, 0.717) is 30.8 Å². The molecule has 1 saturated carbocycles. The van der Waals surface area contributed by atoms with E-state index in [1.54, 1.807) is 24.3 Å². The fourth-order valence-electron chi connectivity index (χ4n) is 6.62. The fourth-order valence-corrected chi connectivity index (χ4v) is 6.62. The zero-order valence-electron chi connectivity index (χ0n) is 27.0. The van der Waals surface area contributed by atoms with Crippen molar-refractivity contribution in [2.75, 3.05) is 42.7 Å². The number of fused-ring (bicyclic) bond motifs is 3. The van der Waals surface area contributed by atoms with Gasteiger partial charge in [0.1, 0.15) is 5.69 Å². The van der Waals surface area contributed by atoms with Crippen LogP contribution in [-0.4, -0.2) is 90.8 Å². The van der Waals surface area contributed by atoms with E-state index < -0.39 is 11.2 Å². The molecular formula is C33H34B2N10O3.